The smallest absolute Gasteiger partial charge is 0.161 e. The number of methoxy groups -OCH3 is 2. The maximum Gasteiger partial charge on any atom is 0.161 e. The molecule has 2 N–H and O–H groups in total. The van der Waals surface area contributed by atoms with Crippen molar-refractivity contribution in [1.82, 2.24) is 0 Å². The highest BCUT2D eigenvalue weighted by Crippen LogP contribution is 2.37. The van der Waals surface area contributed by atoms with Crippen LogP contribution in [0.5, 0.6) is 11.5 Å². The number of nitrogens with two attached hydrogens (primary N) is 1. The first kappa shape index (κ1) is 13.8. The second-order valence-corrected chi connectivity index (χ2v) is 5.17. The summed E-state index contributed by atoms with van der Waals surface area (Å²) in [5.41, 5.74) is 8.13. The molecule has 0 unspecified atom stereocenters. The van der Waals surface area contributed by atoms with E-state index in [1.807, 2.05) is 26.0 Å². The van der Waals surface area contributed by atoms with E-state index in [-0.39, 0.29) is 5.54 Å². The van der Waals surface area contributed by atoms with Crippen LogP contribution in [0, 0.1) is 0 Å². The van der Waals surface area contributed by atoms with Crippen LogP contribution in [-0.2, 0) is 5.54 Å². The zero-order chi connectivity index (χ0) is 13.2. The van der Waals surface area contributed by atoms with Crippen LogP contribution >= 0.6 is 0 Å². The lowest BCUT2D eigenvalue weighted by molar-refractivity contribution is 0.352. The van der Waals surface area contributed by atoms with Crippen molar-refractivity contribution >= 4 is 0 Å². The number of hydrogen-bond donors (Lipinski definition) is 1. The first-order valence-corrected chi connectivity index (χ1v) is 5.86. The van der Waals surface area contributed by atoms with Crippen LogP contribution in [0.4, 0.5) is 0 Å². The molecule has 0 aliphatic heterocycles. The lowest BCUT2D eigenvalue weighted by atomic mass is 9.86. The summed E-state index contributed by atoms with van der Waals surface area (Å²) in [7, 11) is 3.29. The molecule has 3 heteroatoms. The minimum absolute atomic E-state index is 0.390. The number of hydrogen-bond acceptors (Lipinski definition) is 3. The predicted molar refractivity (Wildman–Crippen MR) is 70.8 cm³/mol. The lowest BCUT2D eigenvalue weighted by Crippen LogP contribution is -2.30. The Balaban J connectivity index is 3.46. The van der Waals surface area contributed by atoms with Crippen LogP contribution < -0.4 is 15.2 Å². The summed E-state index contributed by atoms with van der Waals surface area (Å²) in [5, 5.41) is 0. The fourth-order valence-corrected chi connectivity index (χ4v) is 1.93. The fraction of sp³-hybridized carbons (Fsp3) is 0.571. The average Bonchev–Trinajstić information content (AvgIpc) is 2.25. The molecular weight excluding hydrogens is 214 g/mol. The van der Waals surface area contributed by atoms with Gasteiger partial charge in [0.2, 0.25) is 0 Å². The van der Waals surface area contributed by atoms with Gasteiger partial charge in [0, 0.05) is 5.54 Å². The first-order chi connectivity index (χ1) is 7.81. The standard InChI is InChI=1S/C14H23NO2/c1-9(2)10-7-12(16-5)13(17-6)8-11(10)14(3,4)15/h7-9H,15H2,1-6H3. The van der Waals surface area contributed by atoms with Crippen molar-refractivity contribution in [3.8, 4) is 11.5 Å². The molecule has 0 amide bonds. The molecule has 0 radical (unpaired) electrons. The van der Waals surface area contributed by atoms with Crippen molar-refractivity contribution < 1.29 is 9.47 Å². The topological polar surface area (TPSA) is 44.5 Å². The van der Waals surface area contributed by atoms with Crippen molar-refractivity contribution in [2.24, 2.45) is 5.73 Å². The maximum absolute atomic E-state index is 6.21. The van der Waals surface area contributed by atoms with E-state index in [2.05, 4.69) is 13.8 Å². The summed E-state index contributed by atoms with van der Waals surface area (Å²) in [6, 6.07) is 4.00. The van der Waals surface area contributed by atoms with Crippen molar-refractivity contribution in [2.45, 2.75) is 39.2 Å². The minimum Gasteiger partial charge on any atom is -0.493 e. The summed E-state index contributed by atoms with van der Waals surface area (Å²) in [5.74, 6) is 1.88. The van der Waals surface area contributed by atoms with Gasteiger partial charge < -0.3 is 15.2 Å². The lowest BCUT2D eigenvalue weighted by Gasteiger charge is -2.26. The Hall–Kier alpha value is -1.22. The first-order valence-electron chi connectivity index (χ1n) is 5.86. The number of rotatable bonds is 4. The molecule has 1 rings (SSSR count). The number of ether oxygens (including phenoxy) is 2. The summed E-state index contributed by atoms with van der Waals surface area (Å²) in [6.07, 6.45) is 0. The summed E-state index contributed by atoms with van der Waals surface area (Å²) < 4.78 is 10.7. The molecule has 1 aromatic rings. The highest BCUT2D eigenvalue weighted by atomic mass is 16.5. The molecule has 1 aromatic carbocycles. The van der Waals surface area contributed by atoms with Crippen molar-refractivity contribution in [1.29, 1.82) is 0 Å². The van der Waals surface area contributed by atoms with Crippen LogP contribution in [0.2, 0.25) is 0 Å². The Labute approximate surface area is 104 Å². The van der Waals surface area contributed by atoms with E-state index in [9.17, 15) is 0 Å². The molecule has 3 nitrogen and oxygen atoms in total. The van der Waals surface area contributed by atoms with E-state index in [0.29, 0.717) is 5.92 Å². The largest absolute Gasteiger partial charge is 0.493 e. The predicted octanol–water partition coefficient (Wildman–Crippen LogP) is 3.02. The molecule has 0 fully saturated rings. The minimum atomic E-state index is -0.390. The van der Waals surface area contributed by atoms with E-state index < -0.39 is 0 Å². The van der Waals surface area contributed by atoms with E-state index in [4.69, 9.17) is 15.2 Å². The van der Waals surface area contributed by atoms with Gasteiger partial charge >= 0.3 is 0 Å². The van der Waals surface area contributed by atoms with Gasteiger partial charge in [0.1, 0.15) is 0 Å². The third-order valence-corrected chi connectivity index (χ3v) is 2.87. The Morgan fingerprint density at radius 3 is 1.88 bits per heavy atom. The van der Waals surface area contributed by atoms with E-state index >= 15 is 0 Å². The SMILES string of the molecule is COc1cc(C(C)C)c(C(C)(C)N)cc1OC. The van der Waals surface area contributed by atoms with Crippen molar-refractivity contribution in [3.05, 3.63) is 23.3 Å². The van der Waals surface area contributed by atoms with Crippen LogP contribution in [0.1, 0.15) is 44.7 Å². The normalized spacial score (nSPS) is 11.8. The van der Waals surface area contributed by atoms with Gasteiger partial charge in [0.15, 0.2) is 11.5 Å². The average molecular weight is 237 g/mol. The molecule has 0 spiro atoms. The van der Waals surface area contributed by atoms with Gasteiger partial charge in [-0.1, -0.05) is 13.8 Å². The summed E-state index contributed by atoms with van der Waals surface area (Å²) in [6.45, 7) is 8.30. The highest BCUT2D eigenvalue weighted by Gasteiger charge is 2.22. The van der Waals surface area contributed by atoms with Gasteiger partial charge in [0.25, 0.3) is 0 Å². The second-order valence-electron chi connectivity index (χ2n) is 5.17. The van der Waals surface area contributed by atoms with Gasteiger partial charge in [-0.15, -0.1) is 0 Å². The molecule has 0 atom stereocenters. The van der Waals surface area contributed by atoms with Gasteiger partial charge in [0.05, 0.1) is 14.2 Å². The second kappa shape index (κ2) is 4.96. The molecule has 0 heterocycles. The summed E-state index contributed by atoms with van der Waals surface area (Å²) >= 11 is 0. The third kappa shape index (κ3) is 2.91. The maximum atomic E-state index is 6.21. The monoisotopic (exact) mass is 237 g/mol. The number of benzene rings is 1. The van der Waals surface area contributed by atoms with Gasteiger partial charge in [-0.25, -0.2) is 0 Å². The highest BCUT2D eigenvalue weighted by molar-refractivity contribution is 5.50. The molecule has 17 heavy (non-hydrogen) atoms. The Morgan fingerprint density at radius 1 is 1.06 bits per heavy atom. The van der Waals surface area contributed by atoms with Gasteiger partial charge in [-0.2, -0.15) is 0 Å². The Kier molecular flexibility index (Phi) is 4.04. The zero-order valence-electron chi connectivity index (χ0n) is 11.6. The van der Waals surface area contributed by atoms with E-state index in [0.717, 1.165) is 17.1 Å². The van der Waals surface area contributed by atoms with Crippen molar-refractivity contribution in [2.75, 3.05) is 14.2 Å². The molecule has 0 bridgehead atoms. The van der Waals surface area contributed by atoms with Crippen molar-refractivity contribution in [3.63, 3.8) is 0 Å². The molecule has 0 saturated heterocycles. The van der Waals surface area contributed by atoms with Crippen LogP contribution in [0.25, 0.3) is 0 Å². The van der Waals surface area contributed by atoms with Crippen LogP contribution in [0.3, 0.4) is 0 Å². The van der Waals surface area contributed by atoms with Crippen LogP contribution in [-0.4, -0.2) is 14.2 Å². The summed E-state index contributed by atoms with van der Waals surface area (Å²) in [4.78, 5) is 0. The molecule has 96 valence electrons. The third-order valence-electron chi connectivity index (χ3n) is 2.87. The quantitative estimate of drug-likeness (QED) is 0.875. The molecule has 0 aromatic heterocycles. The van der Waals surface area contributed by atoms with E-state index in [1.165, 1.54) is 5.56 Å². The molecule has 0 aliphatic rings. The zero-order valence-corrected chi connectivity index (χ0v) is 11.6. The fourth-order valence-electron chi connectivity index (χ4n) is 1.93. The Morgan fingerprint density at radius 2 is 1.53 bits per heavy atom. The van der Waals surface area contributed by atoms with Crippen LogP contribution in [0.15, 0.2) is 12.1 Å². The molecule has 0 saturated carbocycles. The van der Waals surface area contributed by atoms with E-state index in [1.54, 1.807) is 14.2 Å². The van der Waals surface area contributed by atoms with Gasteiger partial charge in [-0.05, 0) is 43.0 Å². The van der Waals surface area contributed by atoms with Gasteiger partial charge in [-0.3, -0.25) is 0 Å². The Bertz CT molecular complexity index is 392. The molecule has 0 aliphatic carbocycles. The molecular formula is C14H23NO2.